The maximum absolute atomic E-state index is 3.33. The Morgan fingerprint density at radius 1 is 0.552 bits per heavy atom. The van der Waals surface area contributed by atoms with E-state index in [1.165, 1.54) is 22.3 Å². The molecule has 0 heterocycles. The zero-order valence-electron chi connectivity index (χ0n) is 16.6. The van der Waals surface area contributed by atoms with Crippen molar-refractivity contribution in [1.29, 1.82) is 0 Å². The Morgan fingerprint density at radius 3 is 1.24 bits per heavy atom. The van der Waals surface area contributed by atoms with Gasteiger partial charge in [-0.15, -0.1) is 12.8 Å². The van der Waals surface area contributed by atoms with Crippen LogP contribution in [-0.2, 0) is 39.0 Å². The predicted molar refractivity (Wildman–Crippen MR) is 111 cm³/mol. The molecular formula is C26H26F2Zr. The second-order valence-electron chi connectivity index (χ2n) is 6.59. The first kappa shape index (κ1) is 27.1. The molecule has 0 nitrogen and oxygen atoms in total. The van der Waals surface area contributed by atoms with E-state index in [9.17, 15) is 0 Å². The van der Waals surface area contributed by atoms with E-state index in [1.54, 1.807) is 0 Å². The van der Waals surface area contributed by atoms with Crippen molar-refractivity contribution < 1.29 is 35.6 Å². The van der Waals surface area contributed by atoms with Crippen molar-refractivity contribution in [2.45, 2.75) is 38.5 Å². The number of hydrogen-bond donors (Lipinski definition) is 0. The van der Waals surface area contributed by atoms with Crippen LogP contribution in [-0.4, -0.2) is 0 Å². The first-order valence-corrected chi connectivity index (χ1v) is 9.50. The first-order valence-electron chi connectivity index (χ1n) is 9.50. The van der Waals surface area contributed by atoms with Gasteiger partial charge in [-0.3, -0.25) is 12.2 Å². The summed E-state index contributed by atoms with van der Waals surface area (Å²) in [7, 11) is 0. The summed E-state index contributed by atoms with van der Waals surface area (Å²) in [4.78, 5) is 0. The average Bonchev–Trinajstić information content (AvgIpc) is 3.41. The molecule has 0 fully saturated rings. The second kappa shape index (κ2) is 16.0. The van der Waals surface area contributed by atoms with E-state index in [2.05, 4.69) is 97.1 Å². The van der Waals surface area contributed by atoms with Crippen molar-refractivity contribution in [3.63, 3.8) is 0 Å². The van der Waals surface area contributed by atoms with Crippen molar-refractivity contribution in [1.82, 2.24) is 0 Å². The van der Waals surface area contributed by atoms with E-state index >= 15 is 0 Å². The third kappa shape index (κ3) is 10.5. The number of halogens is 2. The maximum Gasteiger partial charge on any atom is 4.00 e. The van der Waals surface area contributed by atoms with Crippen LogP contribution in [0.3, 0.4) is 0 Å². The Hall–Kier alpha value is -1.86. The molecule has 2 aliphatic carbocycles. The zero-order chi connectivity index (χ0) is 17.9. The van der Waals surface area contributed by atoms with Crippen molar-refractivity contribution in [3.05, 3.63) is 119 Å². The number of rotatable bonds is 6. The minimum absolute atomic E-state index is 0. The van der Waals surface area contributed by atoms with E-state index in [1.807, 2.05) is 0 Å². The Kier molecular flexibility index (Phi) is 15.0. The van der Waals surface area contributed by atoms with Crippen LogP contribution in [0, 0.1) is 12.2 Å². The maximum atomic E-state index is 3.33. The van der Waals surface area contributed by atoms with E-state index in [4.69, 9.17) is 0 Å². The fraction of sp³-hybridized carbons (Fsp3) is 0.231. The molecule has 2 aromatic rings. The Labute approximate surface area is 193 Å². The third-order valence-electron chi connectivity index (χ3n) is 4.58. The second-order valence-corrected chi connectivity index (χ2v) is 6.59. The fourth-order valence-electron chi connectivity index (χ4n) is 3.09. The van der Waals surface area contributed by atoms with Gasteiger partial charge in [0.2, 0.25) is 0 Å². The van der Waals surface area contributed by atoms with Crippen molar-refractivity contribution in [3.8, 4) is 0 Å². The zero-order valence-corrected chi connectivity index (χ0v) is 19.0. The molecule has 0 atom stereocenters. The van der Waals surface area contributed by atoms with Crippen LogP contribution in [0.5, 0.6) is 0 Å². The molecule has 3 heteroatoms. The molecular weight excluding hydrogens is 442 g/mol. The monoisotopic (exact) mass is 466 g/mol. The largest absolute Gasteiger partial charge is 4.00 e. The van der Waals surface area contributed by atoms with Gasteiger partial charge in [-0.1, -0.05) is 73.5 Å². The van der Waals surface area contributed by atoms with Gasteiger partial charge in [0.15, 0.2) is 0 Å². The van der Waals surface area contributed by atoms with Crippen LogP contribution in [0.15, 0.2) is 96.1 Å². The molecule has 0 aromatic heterocycles. The van der Waals surface area contributed by atoms with Gasteiger partial charge in [0.1, 0.15) is 0 Å². The summed E-state index contributed by atoms with van der Waals surface area (Å²) in [6.45, 7) is 0. The summed E-state index contributed by atoms with van der Waals surface area (Å²) in [5, 5.41) is 0. The fourth-order valence-corrected chi connectivity index (χ4v) is 3.09. The van der Waals surface area contributed by atoms with Crippen LogP contribution in [0.2, 0.25) is 0 Å². The SMILES string of the molecule is [C-]1=C(CCc2ccccc2)C=CC1.[C-]1=C(CCc2ccccc2)C=CC1.[F-].[F-].[Zr+4]. The molecule has 2 aliphatic rings. The summed E-state index contributed by atoms with van der Waals surface area (Å²) in [5.41, 5.74) is 5.56. The van der Waals surface area contributed by atoms with Gasteiger partial charge in [-0.25, -0.2) is 23.3 Å². The minimum atomic E-state index is 0. The van der Waals surface area contributed by atoms with E-state index < -0.39 is 0 Å². The smallest absolute Gasteiger partial charge is 1.00 e. The van der Waals surface area contributed by atoms with E-state index in [0.717, 1.165) is 38.5 Å². The molecule has 2 aromatic carbocycles. The summed E-state index contributed by atoms with van der Waals surface area (Å²) >= 11 is 0. The van der Waals surface area contributed by atoms with Gasteiger partial charge in [0.25, 0.3) is 0 Å². The molecule has 4 rings (SSSR count). The van der Waals surface area contributed by atoms with E-state index in [0.29, 0.717) is 0 Å². The average molecular weight is 468 g/mol. The van der Waals surface area contributed by atoms with Crippen LogP contribution >= 0.6 is 0 Å². The number of benzene rings is 2. The van der Waals surface area contributed by atoms with Gasteiger partial charge in [0.05, 0.1) is 0 Å². The van der Waals surface area contributed by atoms with Crippen LogP contribution in [0.4, 0.5) is 0 Å². The Morgan fingerprint density at radius 2 is 0.931 bits per heavy atom. The number of allylic oxidation sites excluding steroid dienone is 8. The topological polar surface area (TPSA) is 0 Å². The molecule has 148 valence electrons. The molecule has 0 radical (unpaired) electrons. The summed E-state index contributed by atoms with van der Waals surface area (Å²) in [6.07, 6.45) is 21.9. The first-order chi connectivity index (χ1) is 12.9. The molecule has 0 saturated heterocycles. The Balaban J connectivity index is 0.000000490. The van der Waals surface area contributed by atoms with Crippen molar-refractivity contribution >= 4 is 0 Å². The molecule has 0 amide bonds. The third-order valence-corrected chi connectivity index (χ3v) is 4.58. The Bertz CT molecular complexity index is 720. The molecule has 0 N–H and O–H groups in total. The van der Waals surface area contributed by atoms with Crippen LogP contribution in [0.25, 0.3) is 0 Å². The molecule has 29 heavy (non-hydrogen) atoms. The molecule has 0 saturated carbocycles. The molecule has 0 bridgehead atoms. The quantitative estimate of drug-likeness (QED) is 0.547. The summed E-state index contributed by atoms with van der Waals surface area (Å²) in [6, 6.07) is 21.2. The summed E-state index contributed by atoms with van der Waals surface area (Å²) in [5.74, 6) is 0. The van der Waals surface area contributed by atoms with Gasteiger partial charge in [-0.2, -0.15) is 12.2 Å². The van der Waals surface area contributed by atoms with Gasteiger partial charge in [0, 0.05) is 0 Å². The van der Waals surface area contributed by atoms with Crippen LogP contribution in [0.1, 0.15) is 36.8 Å². The van der Waals surface area contributed by atoms with E-state index in [-0.39, 0.29) is 35.6 Å². The molecule has 0 aliphatic heterocycles. The van der Waals surface area contributed by atoms with Gasteiger partial charge in [-0.05, 0) is 24.0 Å². The number of aryl methyl sites for hydroxylation is 2. The molecule has 0 unspecified atom stereocenters. The normalized spacial score (nSPS) is 13.1. The van der Waals surface area contributed by atoms with Gasteiger partial charge < -0.3 is 9.41 Å². The summed E-state index contributed by atoms with van der Waals surface area (Å²) < 4.78 is 0. The van der Waals surface area contributed by atoms with Crippen molar-refractivity contribution in [2.75, 3.05) is 0 Å². The van der Waals surface area contributed by atoms with Crippen molar-refractivity contribution in [2.24, 2.45) is 0 Å². The standard InChI is InChI=1S/2C13H13.2FH.Zr/c2*1-2-6-12(7-3-1)10-11-13-8-4-5-9-13;;;/h2*1-4,6-8H,5,10-11H2;2*1H;/q2*-1;;;+4/p-2. The van der Waals surface area contributed by atoms with Crippen LogP contribution < -0.4 is 9.41 Å². The molecule has 0 spiro atoms. The van der Waals surface area contributed by atoms with Gasteiger partial charge >= 0.3 is 26.2 Å². The minimum Gasteiger partial charge on any atom is -1.00 e. The number of hydrogen-bond acceptors (Lipinski definition) is 0. The predicted octanol–water partition coefficient (Wildman–Crippen LogP) is 0.623.